The van der Waals surface area contributed by atoms with E-state index in [4.69, 9.17) is 11.6 Å². The monoisotopic (exact) mass is 371 g/mol. The Morgan fingerprint density at radius 2 is 2.23 bits per heavy atom. The van der Waals surface area contributed by atoms with Crippen LogP contribution in [0.2, 0.25) is 5.15 Å². The Morgan fingerprint density at radius 1 is 1.38 bits per heavy atom. The minimum Gasteiger partial charge on any atom is -0.278 e. The lowest BCUT2D eigenvalue weighted by Gasteiger charge is -2.34. The van der Waals surface area contributed by atoms with Crippen molar-refractivity contribution in [2.24, 2.45) is 0 Å². The van der Waals surface area contributed by atoms with Crippen LogP contribution in [0.15, 0.2) is 48.7 Å². The maximum atomic E-state index is 11.3. The zero-order valence-corrected chi connectivity index (χ0v) is 14.7. The van der Waals surface area contributed by atoms with Crippen molar-refractivity contribution in [1.29, 1.82) is 0 Å². The highest BCUT2D eigenvalue weighted by Gasteiger charge is 2.42. The second-order valence-corrected chi connectivity index (χ2v) is 6.85. The van der Waals surface area contributed by atoms with Crippen molar-refractivity contribution in [2.45, 2.75) is 18.2 Å². The molecule has 134 valence electrons. The third kappa shape index (κ3) is 3.05. The zero-order chi connectivity index (χ0) is 18.1. The predicted molar refractivity (Wildman–Crippen MR) is 98.7 cm³/mol. The first-order valence-corrected chi connectivity index (χ1v) is 8.76. The van der Waals surface area contributed by atoms with Gasteiger partial charge < -0.3 is 0 Å². The van der Waals surface area contributed by atoms with Gasteiger partial charge in [-0.2, -0.15) is 0 Å². The number of benzene rings is 1. The Balaban J connectivity index is 1.70. The summed E-state index contributed by atoms with van der Waals surface area (Å²) in [5.41, 5.74) is 2.62. The summed E-state index contributed by atoms with van der Waals surface area (Å²) in [5, 5.41) is 19.2. The number of rotatable bonds is 5. The van der Waals surface area contributed by atoms with E-state index < -0.39 is 11.8 Å². The van der Waals surface area contributed by atoms with Crippen LogP contribution in [0.5, 0.6) is 0 Å². The maximum absolute atomic E-state index is 11.3. The fraction of sp³-hybridized carbons (Fsp3) is 0.278. The van der Waals surface area contributed by atoms with Gasteiger partial charge in [0.1, 0.15) is 5.15 Å². The molecule has 2 heterocycles. The molecule has 0 radical (unpaired) electrons. The lowest BCUT2D eigenvalue weighted by atomic mass is 9.86. The van der Waals surface area contributed by atoms with Gasteiger partial charge in [0.25, 0.3) is 0 Å². The predicted octanol–water partition coefficient (Wildman–Crippen LogP) is 2.17. The van der Waals surface area contributed by atoms with Gasteiger partial charge in [-0.3, -0.25) is 10.6 Å². The summed E-state index contributed by atoms with van der Waals surface area (Å²) in [5.74, 6) is 0. The molecule has 1 aliphatic heterocycles. The molecule has 2 aliphatic rings. The molecule has 2 unspecified atom stereocenters. The van der Waals surface area contributed by atoms with Gasteiger partial charge in [0.05, 0.1) is 12.1 Å². The van der Waals surface area contributed by atoms with Crippen molar-refractivity contribution in [3.63, 3.8) is 0 Å². The highest BCUT2D eigenvalue weighted by molar-refractivity contribution is 6.29. The van der Waals surface area contributed by atoms with Crippen LogP contribution in [0.25, 0.3) is 6.08 Å². The third-order valence-electron chi connectivity index (χ3n) is 4.84. The number of nitrogens with one attached hydrogen (secondary N) is 2. The number of nitrogens with zero attached hydrogens (tertiary/aromatic N) is 3. The van der Waals surface area contributed by atoms with Gasteiger partial charge in [-0.15, -0.1) is 0 Å². The van der Waals surface area contributed by atoms with Gasteiger partial charge in [-0.25, -0.2) is 15.1 Å². The molecular weight excluding hydrogens is 354 g/mol. The Labute approximate surface area is 155 Å². The Hall–Kier alpha value is -2.48. The van der Waals surface area contributed by atoms with Crippen LogP contribution < -0.4 is 10.6 Å². The molecule has 26 heavy (non-hydrogen) atoms. The summed E-state index contributed by atoms with van der Waals surface area (Å²) < 4.78 is 0. The van der Waals surface area contributed by atoms with Gasteiger partial charge >= 0.3 is 0 Å². The second-order valence-electron chi connectivity index (χ2n) is 6.46. The number of fused-ring (bicyclic) bond motifs is 1. The largest absolute Gasteiger partial charge is 0.278 e. The Bertz CT molecular complexity index is 857. The minimum absolute atomic E-state index is 0.356. The SMILES string of the molecule is O=[N+]([O-])N1CCNC1NC1(Cc2ccc(Cl)nc2)C=Cc2ccccc21. The number of hydrogen-bond acceptors (Lipinski definition) is 5. The molecule has 0 saturated carbocycles. The third-order valence-corrected chi connectivity index (χ3v) is 5.06. The van der Waals surface area contributed by atoms with E-state index in [1.54, 1.807) is 12.3 Å². The van der Waals surface area contributed by atoms with Gasteiger partial charge in [0, 0.05) is 19.2 Å². The van der Waals surface area contributed by atoms with Gasteiger partial charge in [0.15, 0.2) is 11.3 Å². The molecule has 2 aromatic rings. The molecule has 1 aliphatic carbocycles. The van der Waals surface area contributed by atoms with Crippen molar-refractivity contribution in [3.05, 3.63) is 80.6 Å². The summed E-state index contributed by atoms with van der Waals surface area (Å²) in [7, 11) is 0. The summed E-state index contributed by atoms with van der Waals surface area (Å²) in [6, 6.07) is 11.8. The van der Waals surface area contributed by atoms with E-state index in [2.05, 4.69) is 33.8 Å². The Morgan fingerprint density at radius 3 is 3.00 bits per heavy atom. The highest BCUT2D eigenvalue weighted by Crippen LogP contribution is 2.37. The lowest BCUT2D eigenvalue weighted by molar-refractivity contribution is -0.661. The first-order valence-electron chi connectivity index (χ1n) is 8.39. The average molecular weight is 372 g/mol. The highest BCUT2D eigenvalue weighted by atomic mass is 35.5. The molecule has 0 bridgehead atoms. The molecule has 8 heteroatoms. The van der Waals surface area contributed by atoms with E-state index in [9.17, 15) is 10.1 Å². The van der Waals surface area contributed by atoms with Crippen molar-refractivity contribution in [1.82, 2.24) is 20.6 Å². The van der Waals surface area contributed by atoms with Gasteiger partial charge in [-0.1, -0.05) is 59.1 Å². The Kier molecular flexibility index (Phi) is 4.36. The fourth-order valence-electron chi connectivity index (χ4n) is 3.63. The summed E-state index contributed by atoms with van der Waals surface area (Å²) >= 11 is 5.90. The maximum Gasteiger partial charge on any atom is 0.194 e. The van der Waals surface area contributed by atoms with Crippen LogP contribution >= 0.6 is 11.6 Å². The van der Waals surface area contributed by atoms with E-state index in [-0.39, 0.29) is 5.03 Å². The van der Waals surface area contributed by atoms with Gasteiger partial charge in [0.2, 0.25) is 0 Å². The summed E-state index contributed by atoms with van der Waals surface area (Å²) in [6.45, 7) is 0.914. The molecule has 1 saturated heterocycles. The molecule has 7 nitrogen and oxygen atoms in total. The van der Waals surface area contributed by atoms with E-state index in [1.807, 2.05) is 24.3 Å². The van der Waals surface area contributed by atoms with Crippen molar-refractivity contribution in [3.8, 4) is 0 Å². The fourth-order valence-corrected chi connectivity index (χ4v) is 3.74. The molecule has 4 rings (SSSR count). The van der Waals surface area contributed by atoms with E-state index in [0.29, 0.717) is 24.7 Å². The van der Waals surface area contributed by atoms with Crippen LogP contribution in [-0.2, 0) is 12.0 Å². The molecule has 1 fully saturated rings. The van der Waals surface area contributed by atoms with Crippen LogP contribution in [-0.4, -0.2) is 34.4 Å². The van der Waals surface area contributed by atoms with Gasteiger partial charge in [-0.05, 0) is 22.8 Å². The van der Waals surface area contributed by atoms with Crippen LogP contribution in [0.4, 0.5) is 0 Å². The number of hydrogen-bond donors (Lipinski definition) is 2. The average Bonchev–Trinajstić information content (AvgIpc) is 3.23. The number of pyridine rings is 1. The lowest BCUT2D eigenvalue weighted by Crippen LogP contribution is -2.57. The number of halogens is 1. The topological polar surface area (TPSA) is 83.3 Å². The number of aromatic nitrogens is 1. The van der Waals surface area contributed by atoms with Crippen LogP contribution in [0, 0.1) is 10.1 Å². The molecule has 0 spiro atoms. The molecule has 2 atom stereocenters. The minimum atomic E-state index is -0.567. The number of nitro groups is 1. The first-order chi connectivity index (χ1) is 12.6. The molecule has 1 aromatic carbocycles. The molecule has 0 amide bonds. The van der Waals surface area contributed by atoms with Crippen molar-refractivity contribution >= 4 is 17.7 Å². The quantitative estimate of drug-likeness (QED) is 0.476. The van der Waals surface area contributed by atoms with E-state index >= 15 is 0 Å². The van der Waals surface area contributed by atoms with Crippen LogP contribution in [0.1, 0.15) is 16.7 Å². The zero-order valence-electron chi connectivity index (χ0n) is 13.9. The van der Waals surface area contributed by atoms with E-state index in [1.165, 1.54) is 5.01 Å². The second kappa shape index (κ2) is 6.68. The molecule has 2 N–H and O–H groups in total. The van der Waals surface area contributed by atoms with Crippen LogP contribution in [0.3, 0.4) is 0 Å². The van der Waals surface area contributed by atoms with Crippen molar-refractivity contribution in [2.75, 3.05) is 13.1 Å². The van der Waals surface area contributed by atoms with E-state index in [0.717, 1.165) is 16.7 Å². The smallest absolute Gasteiger partial charge is 0.194 e. The van der Waals surface area contributed by atoms with Crippen molar-refractivity contribution < 1.29 is 5.03 Å². The number of hydrazine groups is 1. The standard InChI is InChI=1S/C18H18ClN5O2/c19-16-6-5-13(12-21-16)11-18(8-7-14-3-1-2-4-15(14)18)22-17-20-9-10-23(17)24(25)26/h1-8,12,17,20,22H,9-11H2. The summed E-state index contributed by atoms with van der Waals surface area (Å²) in [6.07, 6.45) is 5.92. The first kappa shape index (κ1) is 17.0. The normalized spacial score (nSPS) is 24.0. The molecule has 1 aromatic heterocycles. The summed E-state index contributed by atoms with van der Waals surface area (Å²) in [4.78, 5) is 15.5. The molecular formula is C18H18ClN5O2.